The van der Waals surface area contributed by atoms with E-state index in [1.165, 1.54) is 0 Å². The second kappa shape index (κ2) is 6.48. The Morgan fingerprint density at radius 3 is 2.68 bits per heavy atom. The van der Waals surface area contributed by atoms with Crippen LogP contribution in [-0.4, -0.2) is 59.2 Å². The molecule has 1 unspecified atom stereocenters. The first-order valence-corrected chi connectivity index (χ1v) is 8.76. The third-order valence-electron chi connectivity index (χ3n) is 5.06. The molecule has 3 heterocycles. The molecule has 1 aromatic carbocycles. The van der Waals surface area contributed by atoms with Gasteiger partial charge in [0, 0.05) is 39.8 Å². The molecule has 2 saturated heterocycles. The topological polar surface area (TPSA) is 67.7 Å². The predicted molar refractivity (Wildman–Crippen MR) is 94.8 cm³/mol. The summed E-state index contributed by atoms with van der Waals surface area (Å²) in [7, 11) is 1.77. The van der Waals surface area contributed by atoms with Crippen LogP contribution in [0.25, 0.3) is 11.0 Å². The van der Waals surface area contributed by atoms with Crippen molar-refractivity contribution in [2.75, 3.05) is 37.7 Å². The van der Waals surface area contributed by atoms with Gasteiger partial charge >= 0.3 is 0 Å². The van der Waals surface area contributed by atoms with Crippen molar-refractivity contribution in [3.05, 3.63) is 34.6 Å². The summed E-state index contributed by atoms with van der Waals surface area (Å²) in [5.41, 5.74) is 1.53. The molecule has 0 spiro atoms. The summed E-state index contributed by atoms with van der Waals surface area (Å²) < 4.78 is 7.13. The summed E-state index contributed by atoms with van der Waals surface area (Å²) in [6.07, 6.45) is 1.48. The molecule has 2 fully saturated rings. The van der Waals surface area contributed by atoms with Crippen molar-refractivity contribution >= 4 is 22.8 Å². The molecule has 7 nitrogen and oxygen atoms in total. The van der Waals surface area contributed by atoms with Crippen LogP contribution in [0.2, 0.25) is 0 Å². The lowest BCUT2D eigenvalue weighted by atomic mass is 10.2. The number of ether oxygens (including phenoxy) is 1. The van der Waals surface area contributed by atoms with E-state index in [0.717, 1.165) is 23.9 Å². The van der Waals surface area contributed by atoms with E-state index in [9.17, 15) is 9.59 Å². The number of aromatic nitrogens is 2. The van der Waals surface area contributed by atoms with Crippen LogP contribution in [-0.2, 0) is 16.6 Å². The summed E-state index contributed by atoms with van der Waals surface area (Å²) in [4.78, 5) is 33.5. The molecular weight excluding hydrogens is 320 g/mol. The largest absolute Gasteiger partial charge is 0.368 e. The van der Waals surface area contributed by atoms with Crippen molar-refractivity contribution in [1.29, 1.82) is 0 Å². The molecule has 4 rings (SSSR count). The van der Waals surface area contributed by atoms with Crippen molar-refractivity contribution in [2.24, 2.45) is 7.05 Å². The molecule has 7 heteroatoms. The van der Waals surface area contributed by atoms with Crippen LogP contribution < -0.4 is 10.5 Å². The third kappa shape index (κ3) is 2.89. The fraction of sp³-hybridized carbons (Fsp3) is 0.500. The van der Waals surface area contributed by atoms with Gasteiger partial charge in [0.1, 0.15) is 6.10 Å². The molecule has 1 aromatic heterocycles. The molecule has 25 heavy (non-hydrogen) atoms. The van der Waals surface area contributed by atoms with Crippen LogP contribution in [0.5, 0.6) is 0 Å². The highest BCUT2D eigenvalue weighted by Crippen LogP contribution is 2.18. The highest BCUT2D eigenvalue weighted by atomic mass is 16.5. The standard InChI is InChI=1S/C18H22N4O3/c1-20-14-6-3-2-5-13(14)19-16(18(20)24)21-8-10-22(11-9-21)17(23)15-7-4-12-25-15/h2-3,5-6,15H,4,7-12H2,1H3. The lowest BCUT2D eigenvalue weighted by molar-refractivity contribution is -0.141. The summed E-state index contributed by atoms with van der Waals surface area (Å²) in [6, 6.07) is 7.63. The molecule has 0 N–H and O–H groups in total. The van der Waals surface area contributed by atoms with Crippen molar-refractivity contribution in [3.63, 3.8) is 0 Å². The molecule has 1 atom stereocenters. The first-order valence-electron chi connectivity index (χ1n) is 8.76. The van der Waals surface area contributed by atoms with Crippen LogP contribution in [0.3, 0.4) is 0 Å². The quantitative estimate of drug-likeness (QED) is 0.806. The average Bonchev–Trinajstić information content (AvgIpc) is 3.19. The number of hydrogen-bond acceptors (Lipinski definition) is 5. The monoisotopic (exact) mass is 342 g/mol. The van der Waals surface area contributed by atoms with Crippen LogP contribution in [0.1, 0.15) is 12.8 Å². The first kappa shape index (κ1) is 16.1. The Morgan fingerprint density at radius 2 is 1.96 bits per heavy atom. The number of aryl methyl sites for hydroxylation is 1. The van der Waals surface area contributed by atoms with E-state index in [2.05, 4.69) is 4.98 Å². The lowest BCUT2D eigenvalue weighted by Gasteiger charge is -2.36. The SMILES string of the molecule is Cn1c(=O)c(N2CCN(C(=O)C3CCCO3)CC2)nc2ccccc21. The number of amides is 1. The molecule has 0 aliphatic carbocycles. The van der Waals surface area contributed by atoms with Crippen molar-refractivity contribution in [3.8, 4) is 0 Å². The fourth-order valence-corrected chi connectivity index (χ4v) is 3.58. The van der Waals surface area contributed by atoms with E-state index in [1.54, 1.807) is 11.6 Å². The number of hydrogen-bond donors (Lipinski definition) is 0. The van der Waals surface area contributed by atoms with Crippen molar-refractivity contribution in [2.45, 2.75) is 18.9 Å². The van der Waals surface area contributed by atoms with Crippen LogP contribution >= 0.6 is 0 Å². The third-order valence-corrected chi connectivity index (χ3v) is 5.06. The first-order chi connectivity index (χ1) is 12.1. The number of rotatable bonds is 2. The summed E-state index contributed by atoms with van der Waals surface area (Å²) in [6.45, 7) is 3.08. The highest BCUT2D eigenvalue weighted by molar-refractivity contribution is 5.81. The second-order valence-electron chi connectivity index (χ2n) is 6.60. The zero-order valence-corrected chi connectivity index (χ0v) is 14.4. The van der Waals surface area contributed by atoms with Gasteiger partial charge in [-0.1, -0.05) is 12.1 Å². The molecular formula is C18H22N4O3. The number of benzene rings is 1. The normalized spacial score (nSPS) is 21.1. The van der Waals surface area contributed by atoms with Gasteiger partial charge in [0.15, 0.2) is 5.82 Å². The van der Waals surface area contributed by atoms with Crippen LogP contribution in [0.15, 0.2) is 29.1 Å². The molecule has 0 saturated carbocycles. The maximum Gasteiger partial charge on any atom is 0.293 e. The summed E-state index contributed by atoms with van der Waals surface area (Å²) in [5, 5.41) is 0. The summed E-state index contributed by atoms with van der Waals surface area (Å²) in [5.74, 6) is 0.543. The Morgan fingerprint density at radius 1 is 1.20 bits per heavy atom. The highest BCUT2D eigenvalue weighted by Gasteiger charge is 2.31. The zero-order chi connectivity index (χ0) is 17.4. The molecule has 2 aliphatic heterocycles. The van der Waals surface area contributed by atoms with Gasteiger partial charge in [-0.15, -0.1) is 0 Å². The molecule has 2 aliphatic rings. The number of carbonyl (C=O) groups is 1. The Labute approximate surface area is 145 Å². The molecule has 132 valence electrons. The Kier molecular flexibility index (Phi) is 4.17. The van der Waals surface area contributed by atoms with Gasteiger partial charge in [-0.05, 0) is 25.0 Å². The van der Waals surface area contributed by atoms with E-state index >= 15 is 0 Å². The Balaban J connectivity index is 1.53. The van der Waals surface area contributed by atoms with Gasteiger partial charge in [0.25, 0.3) is 11.5 Å². The molecule has 1 amide bonds. The predicted octanol–water partition coefficient (Wildman–Crippen LogP) is 0.761. The number of carbonyl (C=O) groups excluding carboxylic acids is 1. The van der Waals surface area contributed by atoms with Gasteiger partial charge in [-0.3, -0.25) is 9.59 Å². The Bertz CT molecular complexity index is 849. The maximum atomic E-state index is 12.7. The second-order valence-corrected chi connectivity index (χ2v) is 6.60. The number of anilines is 1. The van der Waals surface area contributed by atoms with Gasteiger partial charge in [-0.25, -0.2) is 4.98 Å². The zero-order valence-electron chi connectivity index (χ0n) is 14.4. The summed E-state index contributed by atoms with van der Waals surface area (Å²) >= 11 is 0. The minimum Gasteiger partial charge on any atom is -0.368 e. The van der Waals surface area contributed by atoms with Gasteiger partial charge in [-0.2, -0.15) is 0 Å². The number of nitrogens with zero attached hydrogens (tertiary/aromatic N) is 4. The minimum atomic E-state index is -0.279. The Hall–Kier alpha value is -2.41. The van der Waals surface area contributed by atoms with Crippen LogP contribution in [0.4, 0.5) is 5.82 Å². The van der Waals surface area contributed by atoms with E-state index in [4.69, 9.17) is 4.74 Å². The lowest BCUT2D eigenvalue weighted by Crippen LogP contribution is -2.52. The van der Waals surface area contributed by atoms with Gasteiger partial charge < -0.3 is 19.1 Å². The molecule has 0 bridgehead atoms. The minimum absolute atomic E-state index is 0.0801. The van der Waals surface area contributed by atoms with E-state index in [-0.39, 0.29) is 17.6 Å². The van der Waals surface area contributed by atoms with Gasteiger partial charge in [0.05, 0.1) is 11.0 Å². The van der Waals surface area contributed by atoms with E-state index in [0.29, 0.717) is 38.6 Å². The van der Waals surface area contributed by atoms with Crippen LogP contribution in [0, 0.1) is 0 Å². The smallest absolute Gasteiger partial charge is 0.293 e. The number of fused-ring (bicyclic) bond motifs is 1. The number of piperazine rings is 1. The maximum absolute atomic E-state index is 12.7. The number of para-hydroxylation sites is 2. The van der Waals surface area contributed by atoms with E-state index in [1.807, 2.05) is 34.1 Å². The van der Waals surface area contributed by atoms with E-state index < -0.39 is 0 Å². The average molecular weight is 342 g/mol. The molecule has 2 aromatic rings. The van der Waals surface area contributed by atoms with Crippen molar-refractivity contribution < 1.29 is 9.53 Å². The van der Waals surface area contributed by atoms with Gasteiger partial charge in [0.2, 0.25) is 0 Å². The van der Waals surface area contributed by atoms with Crippen molar-refractivity contribution in [1.82, 2.24) is 14.5 Å². The fourth-order valence-electron chi connectivity index (χ4n) is 3.58. The molecule has 0 radical (unpaired) electrons.